The fraction of sp³-hybridized carbons (Fsp3) is 0.462. The molecule has 1 heterocycles. The number of carbonyl (C=O) groups excluding carboxylic acids is 1. The number of anilines is 2. The van der Waals surface area contributed by atoms with Gasteiger partial charge >= 0.3 is 0 Å². The largest absolute Gasteiger partial charge is 0.399 e. The Bertz CT molecular complexity index is 411. The highest BCUT2D eigenvalue weighted by molar-refractivity contribution is 5.93. The maximum Gasteiger partial charge on any atom is 0.238 e. The lowest BCUT2D eigenvalue weighted by atomic mass is 10.2. The van der Waals surface area contributed by atoms with Crippen LogP contribution in [0, 0.1) is 6.92 Å². The first-order valence-corrected chi connectivity index (χ1v) is 6.03. The molecule has 1 aromatic carbocycles. The van der Waals surface area contributed by atoms with Gasteiger partial charge in [0, 0.05) is 11.4 Å². The van der Waals surface area contributed by atoms with Crippen LogP contribution in [-0.4, -0.2) is 30.4 Å². The van der Waals surface area contributed by atoms with Gasteiger partial charge < -0.3 is 11.1 Å². The molecule has 4 nitrogen and oxygen atoms in total. The molecule has 17 heavy (non-hydrogen) atoms. The van der Waals surface area contributed by atoms with E-state index in [0.717, 1.165) is 24.3 Å². The smallest absolute Gasteiger partial charge is 0.238 e. The van der Waals surface area contributed by atoms with Gasteiger partial charge in [-0.25, -0.2) is 0 Å². The lowest BCUT2D eigenvalue weighted by Gasteiger charge is -2.15. The van der Waals surface area contributed by atoms with Crippen molar-refractivity contribution in [2.24, 2.45) is 0 Å². The first kappa shape index (κ1) is 11.9. The fourth-order valence-corrected chi connectivity index (χ4v) is 2.11. The molecule has 1 aromatic rings. The molecule has 1 aliphatic rings. The number of benzene rings is 1. The summed E-state index contributed by atoms with van der Waals surface area (Å²) in [5, 5.41) is 2.92. The average Bonchev–Trinajstić information content (AvgIpc) is 2.76. The molecule has 1 fully saturated rings. The Balaban J connectivity index is 1.95. The number of hydrogen-bond acceptors (Lipinski definition) is 3. The van der Waals surface area contributed by atoms with Crippen molar-refractivity contribution in [2.45, 2.75) is 19.8 Å². The molecule has 0 saturated carbocycles. The predicted octanol–water partition coefficient (Wildman–Crippen LogP) is 1.61. The fourth-order valence-electron chi connectivity index (χ4n) is 2.11. The number of aryl methyl sites for hydroxylation is 1. The molecule has 2 rings (SSSR count). The monoisotopic (exact) mass is 233 g/mol. The number of hydrogen-bond donors (Lipinski definition) is 2. The molecule has 0 atom stereocenters. The Morgan fingerprint density at radius 1 is 1.41 bits per heavy atom. The highest BCUT2D eigenvalue weighted by Gasteiger charge is 2.15. The van der Waals surface area contributed by atoms with Crippen molar-refractivity contribution in [2.75, 3.05) is 30.7 Å². The first-order chi connectivity index (χ1) is 8.15. The van der Waals surface area contributed by atoms with Crippen LogP contribution in [0.5, 0.6) is 0 Å². The minimum absolute atomic E-state index is 0.0422. The third-order valence-electron chi connectivity index (χ3n) is 3.10. The third-order valence-corrected chi connectivity index (χ3v) is 3.10. The molecule has 0 unspecified atom stereocenters. The van der Waals surface area contributed by atoms with Crippen molar-refractivity contribution < 1.29 is 4.79 Å². The molecule has 1 saturated heterocycles. The Kier molecular flexibility index (Phi) is 3.64. The second kappa shape index (κ2) is 5.19. The molecule has 3 N–H and O–H groups in total. The summed E-state index contributed by atoms with van der Waals surface area (Å²) in [6.07, 6.45) is 2.40. The molecular weight excluding hydrogens is 214 g/mol. The Labute approximate surface area is 102 Å². The van der Waals surface area contributed by atoms with E-state index < -0.39 is 0 Å². The molecule has 0 spiro atoms. The highest BCUT2D eigenvalue weighted by Crippen LogP contribution is 2.18. The molecule has 0 aromatic heterocycles. The number of rotatable bonds is 3. The Morgan fingerprint density at radius 3 is 2.82 bits per heavy atom. The van der Waals surface area contributed by atoms with Crippen LogP contribution >= 0.6 is 0 Å². The van der Waals surface area contributed by atoms with Crippen LogP contribution in [0.4, 0.5) is 11.4 Å². The molecular formula is C13H19N3O. The quantitative estimate of drug-likeness (QED) is 0.780. The minimum atomic E-state index is 0.0422. The van der Waals surface area contributed by atoms with Gasteiger partial charge in [-0.15, -0.1) is 0 Å². The van der Waals surface area contributed by atoms with Crippen molar-refractivity contribution in [3.05, 3.63) is 23.8 Å². The van der Waals surface area contributed by atoms with Crippen molar-refractivity contribution in [3.8, 4) is 0 Å². The van der Waals surface area contributed by atoms with Crippen LogP contribution in [0.1, 0.15) is 18.4 Å². The average molecular weight is 233 g/mol. The molecule has 4 heteroatoms. The van der Waals surface area contributed by atoms with E-state index in [1.54, 1.807) is 6.07 Å². The molecule has 1 aliphatic heterocycles. The number of nitrogens with one attached hydrogen (secondary N) is 1. The van der Waals surface area contributed by atoms with E-state index >= 15 is 0 Å². The number of nitrogen functional groups attached to an aromatic ring is 1. The lowest BCUT2D eigenvalue weighted by molar-refractivity contribution is -0.117. The zero-order chi connectivity index (χ0) is 12.3. The second-order valence-corrected chi connectivity index (χ2v) is 4.61. The van der Waals surface area contributed by atoms with Gasteiger partial charge in [0.05, 0.1) is 6.54 Å². The number of likely N-dealkylation sites (tertiary alicyclic amines) is 1. The van der Waals surface area contributed by atoms with Gasteiger partial charge in [-0.1, -0.05) is 6.07 Å². The summed E-state index contributed by atoms with van der Waals surface area (Å²) in [5.74, 6) is 0.0422. The Morgan fingerprint density at radius 2 is 2.12 bits per heavy atom. The maximum absolute atomic E-state index is 11.8. The van der Waals surface area contributed by atoms with Crippen molar-refractivity contribution in [3.63, 3.8) is 0 Å². The van der Waals surface area contributed by atoms with Gasteiger partial charge in [0.25, 0.3) is 0 Å². The van der Waals surface area contributed by atoms with Crippen LogP contribution in [0.25, 0.3) is 0 Å². The number of amides is 1. The third kappa shape index (κ3) is 3.20. The summed E-state index contributed by atoms with van der Waals surface area (Å²) < 4.78 is 0. The van der Waals surface area contributed by atoms with E-state index in [1.807, 2.05) is 19.1 Å². The summed E-state index contributed by atoms with van der Waals surface area (Å²) in [6.45, 7) is 4.51. The normalized spacial score (nSPS) is 16.1. The summed E-state index contributed by atoms with van der Waals surface area (Å²) >= 11 is 0. The molecule has 0 bridgehead atoms. The van der Waals surface area contributed by atoms with Gasteiger partial charge in [-0.05, 0) is 50.6 Å². The SMILES string of the molecule is Cc1ccc(N)cc1NC(=O)CN1CCCC1. The lowest BCUT2D eigenvalue weighted by Crippen LogP contribution is -2.31. The van der Waals surface area contributed by atoms with E-state index in [-0.39, 0.29) is 5.91 Å². The van der Waals surface area contributed by atoms with E-state index in [9.17, 15) is 4.79 Å². The van der Waals surface area contributed by atoms with Crippen LogP contribution < -0.4 is 11.1 Å². The number of nitrogens with two attached hydrogens (primary N) is 1. The van der Waals surface area contributed by atoms with E-state index in [0.29, 0.717) is 12.2 Å². The highest BCUT2D eigenvalue weighted by atomic mass is 16.2. The summed E-state index contributed by atoms with van der Waals surface area (Å²) in [6, 6.07) is 5.56. The first-order valence-electron chi connectivity index (χ1n) is 6.03. The van der Waals surface area contributed by atoms with Gasteiger partial charge in [-0.3, -0.25) is 9.69 Å². The van der Waals surface area contributed by atoms with E-state index in [4.69, 9.17) is 5.73 Å². The van der Waals surface area contributed by atoms with Gasteiger partial charge in [0.2, 0.25) is 5.91 Å². The maximum atomic E-state index is 11.8. The summed E-state index contributed by atoms with van der Waals surface area (Å²) in [5.41, 5.74) is 8.23. The number of nitrogens with zero attached hydrogens (tertiary/aromatic N) is 1. The minimum Gasteiger partial charge on any atom is -0.399 e. The topological polar surface area (TPSA) is 58.4 Å². The van der Waals surface area contributed by atoms with Crippen molar-refractivity contribution in [1.29, 1.82) is 0 Å². The van der Waals surface area contributed by atoms with E-state index in [2.05, 4.69) is 10.2 Å². The van der Waals surface area contributed by atoms with Gasteiger partial charge in [-0.2, -0.15) is 0 Å². The molecule has 92 valence electrons. The van der Waals surface area contributed by atoms with Crippen LogP contribution in [-0.2, 0) is 4.79 Å². The van der Waals surface area contributed by atoms with Gasteiger partial charge in [0.15, 0.2) is 0 Å². The molecule has 0 radical (unpaired) electrons. The van der Waals surface area contributed by atoms with Crippen LogP contribution in [0.15, 0.2) is 18.2 Å². The zero-order valence-electron chi connectivity index (χ0n) is 10.2. The van der Waals surface area contributed by atoms with Gasteiger partial charge in [0.1, 0.15) is 0 Å². The molecule has 1 amide bonds. The Hall–Kier alpha value is -1.55. The number of carbonyl (C=O) groups is 1. The van der Waals surface area contributed by atoms with Crippen LogP contribution in [0.2, 0.25) is 0 Å². The van der Waals surface area contributed by atoms with Crippen LogP contribution in [0.3, 0.4) is 0 Å². The second-order valence-electron chi connectivity index (χ2n) is 4.61. The standard InChI is InChI=1S/C13H19N3O/c1-10-4-5-11(14)8-12(10)15-13(17)9-16-6-2-3-7-16/h4-5,8H,2-3,6-7,9,14H2,1H3,(H,15,17). The predicted molar refractivity (Wildman–Crippen MR) is 69.9 cm³/mol. The molecule has 0 aliphatic carbocycles. The summed E-state index contributed by atoms with van der Waals surface area (Å²) in [4.78, 5) is 14.0. The summed E-state index contributed by atoms with van der Waals surface area (Å²) in [7, 11) is 0. The van der Waals surface area contributed by atoms with Crippen molar-refractivity contribution >= 4 is 17.3 Å². The van der Waals surface area contributed by atoms with Crippen molar-refractivity contribution in [1.82, 2.24) is 4.90 Å². The van der Waals surface area contributed by atoms with E-state index in [1.165, 1.54) is 12.8 Å². The zero-order valence-corrected chi connectivity index (χ0v) is 10.2.